The predicted octanol–water partition coefficient (Wildman–Crippen LogP) is 3.00. The maximum absolute atomic E-state index is 3.38. The monoisotopic (exact) mass is 303 g/mol. The topological polar surface area (TPSA) is 20.2 Å². The van der Waals surface area contributed by atoms with Gasteiger partial charge < -0.3 is 14.8 Å². The van der Waals surface area contributed by atoms with Gasteiger partial charge in [0.05, 0.1) is 5.03 Å². The first-order valence-electron chi connectivity index (χ1n) is 7.75. The lowest BCUT2D eigenvalue weighted by atomic mass is 9.95. The summed E-state index contributed by atoms with van der Waals surface area (Å²) in [7, 11) is 6.36. The Balaban J connectivity index is 2.10. The number of aromatic nitrogens is 1. The summed E-state index contributed by atoms with van der Waals surface area (Å²) in [5.74, 6) is 1.88. The summed E-state index contributed by atoms with van der Waals surface area (Å²) in [6, 6.07) is 8.92. The Morgan fingerprint density at radius 1 is 1.33 bits per heavy atom. The van der Waals surface area contributed by atoms with Gasteiger partial charge in [0.15, 0.2) is 0 Å². The van der Waals surface area contributed by atoms with Crippen molar-refractivity contribution in [3.05, 3.63) is 29.8 Å². The third-order valence-electron chi connectivity index (χ3n) is 4.30. The summed E-state index contributed by atoms with van der Waals surface area (Å²) in [6.45, 7) is 3.24. The number of hydrogen-bond donors (Lipinski definition) is 1. The van der Waals surface area contributed by atoms with Crippen LogP contribution in [0.15, 0.2) is 29.3 Å². The van der Waals surface area contributed by atoms with Crippen LogP contribution in [0.5, 0.6) is 0 Å². The van der Waals surface area contributed by atoms with Crippen molar-refractivity contribution in [1.29, 1.82) is 0 Å². The van der Waals surface area contributed by atoms with Crippen LogP contribution >= 0.6 is 11.8 Å². The zero-order valence-electron chi connectivity index (χ0n) is 13.2. The Kier molecular flexibility index (Phi) is 4.57. The number of rotatable bonds is 5. The van der Waals surface area contributed by atoms with Crippen molar-refractivity contribution < 1.29 is 0 Å². The maximum Gasteiger partial charge on any atom is 0.0795 e. The third-order valence-corrected chi connectivity index (χ3v) is 5.45. The second-order valence-corrected chi connectivity index (χ2v) is 7.17. The SMILES string of the molecule is CNCC1CCSc2c1c1ccccc1n2CCN(C)C. The number of para-hydroxylation sites is 1. The summed E-state index contributed by atoms with van der Waals surface area (Å²) in [5.41, 5.74) is 2.98. The standard InChI is InChI=1S/C17H25N3S/c1-18-12-13-8-11-21-17-16(13)14-6-4-5-7-15(14)20(17)10-9-19(2)3/h4-7,13,18H,8-12H2,1-3H3. The first-order chi connectivity index (χ1) is 10.2. The molecule has 0 bridgehead atoms. The highest BCUT2D eigenvalue weighted by molar-refractivity contribution is 7.99. The summed E-state index contributed by atoms with van der Waals surface area (Å²) < 4.78 is 2.54. The molecular formula is C17H25N3S. The minimum Gasteiger partial charge on any atom is -0.334 e. The van der Waals surface area contributed by atoms with Crippen molar-refractivity contribution in [3.8, 4) is 0 Å². The summed E-state index contributed by atoms with van der Waals surface area (Å²) >= 11 is 2.04. The number of thioether (sulfide) groups is 1. The number of nitrogens with one attached hydrogen (secondary N) is 1. The van der Waals surface area contributed by atoms with Gasteiger partial charge in [-0.05, 0) is 39.2 Å². The minimum absolute atomic E-state index is 0.650. The van der Waals surface area contributed by atoms with E-state index < -0.39 is 0 Å². The molecule has 1 atom stereocenters. The van der Waals surface area contributed by atoms with E-state index in [1.807, 2.05) is 11.8 Å². The molecule has 21 heavy (non-hydrogen) atoms. The Morgan fingerprint density at radius 2 is 2.14 bits per heavy atom. The van der Waals surface area contributed by atoms with Gasteiger partial charge >= 0.3 is 0 Å². The van der Waals surface area contributed by atoms with Crippen LogP contribution in [0.3, 0.4) is 0 Å². The van der Waals surface area contributed by atoms with Crippen LogP contribution in [-0.2, 0) is 6.54 Å². The molecule has 4 heteroatoms. The van der Waals surface area contributed by atoms with Crippen LogP contribution in [0, 0.1) is 0 Å². The Hall–Kier alpha value is -0.970. The fraction of sp³-hybridized carbons (Fsp3) is 0.529. The quantitative estimate of drug-likeness (QED) is 0.917. The first-order valence-corrected chi connectivity index (χ1v) is 8.74. The number of benzene rings is 1. The lowest BCUT2D eigenvalue weighted by molar-refractivity contribution is 0.380. The van der Waals surface area contributed by atoms with Gasteiger partial charge in [-0.3, -0.25) is 0 Å². The lowest BCUT2D eigenvalue weighted by Gasteiger charge is -2.24. The third kappa shape index (κ3) is 2.85. The van der Waals surface area contributed by atoms with Crippen molar-refractivity contribution in [2.24, 2.45) is 0 Å². The molecule has 1 aromatic carbocycles. The molecule has 0 aliphatic carbocycles. The summed E-state index contributed by atoms with van der Waals surface area (Å²) in [6.07, 6.45) is 1.28. The molecule has 1 unspecified atom stereocenters. The van der Waals surface area contributed by atoms with Crippen LogP contribution in [0.25, 0.3) is 10.9 Å². The molecule has 1 aliphatic rings. The highest BCUT2D eigenvalue weighted by Gasteiger charge is 2.27. The van der Waals surface area contributed by atoms with Crippen molar-refractivity contribution >= 4 is 22.7 Å². The molecule has 3 rings (SSSR count). The minimum atomic E-state index is 0.650. The second kappa shape index (κ2) is 6.42. The van der Waals surface area contributed by atoms with Gasteiger partial charge in [0.2, 0.25) is 0 Å². The van der Waals surface area contributed by atoms with Crippen LogP contribution in [0.1, 0.15) is 17.9 Å². The largest absolute Gasteiger partial charge is 0.334 e. The second-order valence-electron chi connectivity index (χ2n) is 6.08. The van der Waals surface area contributed by atoms with Gasteiger partial charge in [0.1, 0.15) is 0 Å². The first kappa shape index (κ1) is 14.9. The van der Waals surface area contributed by atoms with Gasteiger partial charge in [0.25, 0.3) is 0 Å². The van der Waals surface area contributed by atoms with E-state index in [1.54, 1.807) is 5.56 Å². The van der Waals surface area contributed by atoms with Crippen LogP contribution in [0.2, 0.25) is 0 Å². The van der Waals surface area contributed by atoms with Crippen molar-refractivity contribution in [3.63, 3.8) is 0 Å². The van der Waals surface area contributed by atoms with Crippen molar-refractivity contribution in [2.75, 3.05) is 40.0 Å². The molecule has 3 nitrogen and oxygen atoms in total. The average Bonchev–Trinajstić information content (AvgIpc) is 2.80. The molecule has 0 spiro atoms. The van der Waals surface area contributed by atoms with Gasteiger partial charge in [-0.25, -0.2) is 0 Å². The maximum atomic E-state index is 3.38. The van der Waals surface area contributed by atoms with Crippen molar-refractivity contribution in [2.45, 2.75) is 23.9 Å². The number of hydrogen-bond acceptors (Lipinski definition) is 3. The highest BCUT2D eigenvalue weighted by atomic mass is 32.2. The average molecular weight is 303 g/mol. The molecule has 2 aromatic rings. The molecule has 1 aliphatic heterocycles. The fourth-order valence-corrected chi connectivity index (χ4v) is 4.65. The van der Waals surface area contributed by atoms with E-state index in [9.17, 15) is 0 Å². The fourth-order valence-electron chi connectivity index (χ4n) is 3.27. The van der Waals surface area contributed by atoms with Gasteiger partial charge in [-0.1, -0.05) is 18.2 Å². The summed E-state index contributed by atoms with van der Waals surface area (Å²) in [4.78, 5) is 2.26. The van der Waals surface area contributed by atoms with E-state index in [4.69, 9.17) is 0 Å². The molecule has 0 saturated carbocycles. The van der Waals surface area contributed by atoms with Crippen molar-refractivity contribution in [1.82, 2.24) is 14.8 Å². The van der Waals surface area contributed by atoms with E-state index in [2.05, 4.69) is 60.2 Å². The molecular weight excluding hydrogens is 278 g/mol. The molecule has 0 amide bonds. The molecule has 1 aromatic heterocycles. The van der Waals surface area contributed by atoms with E-state index >= 15 is 0 Å². The Morgan fingerprint density at radius 3 is 2.90 bits per heavy atom. The Labute approximate surface area is 131 Å². The van der Waals surface area contributed by atoms with Gasteiger partial charge in [-0.2, -0.15) is 0 Å². The highest BCUT2D eigenvalue weighted by Crippen LogP contribution is 2.43. The van der Waals surface area contributed by atoms with Gasteiger partial charge in [0, 0.05) is 42.2 Å². The lowest BCUT2D eigenvalue weighted by Crippen LogP contribution is -2.22. The predicted molar refractivity (Wildman–Crippen MR) is 92.5 cm³/mol. The molecule has 114 valence electrons. The van der Waals surface area contributed by atoms with E-state index in [0.29, 0.717) is 5.92 Å². The zero-order valence-corrected chi connectivity index (χ0v) is 14.0. The van der Waals surface area contributed by atoms with Crippen LogP contribution in [0.4, 0.5) is 0 Å². The van der Waals surface area contributed by atoms with E-state index in [-0.39, 0.29) is 0 Å². The molecule has 1 N–H and O–H groups in total. The van der Waals surface area contributed by atoms with E-state index in [0.717, 1.165) is 19.6 Å². The Bertz CT molecular complexity index is 618. The van der Waals surface area contributed by atoms with E-state index in [1.165, 1.54) is 28.1 Å². The molecule has 2 heterocycles. The van der Waals surface area contributed by atoms with Crippen LogP contribution < -0.4 is 5.32 Å². The summed E-state index contributed by atoms with van der Waals surface area (Å²) in [5, 5.41) is 6.34. The molecule has 0 fully saturated rings. The molecule has 0 saturated heterocycles. The number of likely N-dealkylation sites (N-methyl/N-ethyl adjacent to an activating group) is 2. The number of nitrogens with zero attached hydrogens (tertiary/aromatic N) is 2. The van der Waals surface area contributed by atoms with Crippen LogP contribution in [-0.4, -0.2) is 49.5 Å². The zero-order chi connectivity index (χ0) is 14.8. The smallest absolute Gasteiger partial charge is 0.0795 e. The normalized spacial score (nSPS) is 18.4. The number of fused-ring (bicyclic) bond motifs is 3. The molecule has 0 radical (unpaired) electrons. The van der Waals surface area contributed by atoms with Gasteiger partial charge in [-0.15, -0.1) is 11.8 Å².